The summed E-state index contributed by atoms with van der Waals surface area (Å²) in [4.78, 5) is 31.3. The predicted molar refractivity (Wildman–Crippen MR) is 76.6 cm³/mol. The van der Waals surface area contributed by atoms with Crippen molar-refractivity contribution in [3.05, 3.63) is 71.3 Å². The Hall–Kier alpha value is -2.95. The Morgan fingerprint density at radius 3 is 1.90 bits per heavy atom. The van der Waals surface area contributed by atoms with Crippen LogP contribution in [0.5, 0.6) is 0 Å². The topological polar surface area (TPSA) is 80.7 Å². The quantitative estimate of drug-likeness (QED) is 0.693. The van der Waals surface area contributed by atoms with Crippen LogP contribution in [0.3, 0.4) is 0 Å². The number of aromatic carboxylic acids is 1. The second-order valence-electron chi connectivity index (χ2n) is 3.90. The molecule has 0 bridgehead atoms. The van der Waals surface area contributed by atoms with Gasteiger partial charge in [-0.05, 0) is 24.3 Å². The maximum absolute atomic E-state index is 10.9. The molecule has 0 radical (unpaired) electrons. The predicted octanol–water partition coefficient (Wildman–Crippen LogP) is 2.67. The third-order valence-electron chi connectivity index (χ3n) is 2.49. The molecule has 0 saturated carbocycles. The third kappa shape index (κ3) is 5.28. The highest BCUT2D eigenvalue weighted by molar-refractivity contribution is 5.90. The highest BCUT2D eigenvalue weighted by atomic mass is 16.5. The van der Waals surface area contributed by atoms with Crippen LogP contribution in [0.1, 0.15) is 31.1 Å². The van der Waals surface area contributed by atoms with E-state index < -0.39 is 11.9 Å². The number of carboxylic acids is 1. The molecule has 0 spiro atoms. The summed E-state index contributed by atoms with van der Waals surface area (Å²) in [6.07, 6.45) is 0.723. The molecule has 0 amide bonds. The maximum Gasteiger partial charge on any atom is 0.337 e. The first-order valence-corrected chi connectivity index (χ1v) is 6.00. The molecule has 21 heavy (non-hydrogen) atoms. The number of carbonyl (C=O) groups excluding carboxylic acids is 2. The molecule has 0 aliphatic heterocycles. The Morgan fingerprint density at radius 1 is 0.952 bits per heavy atom. The number of carboxylic acid groups (broad SMARTS) is 1. The van der Waals surface area contributed by atoms with E-state index in [0.717, 1.165) is 6.29 Å². The van der Waals surface area contributed by atoms with Crippen LogP contribution >= 0.6 is 0 Å². The number of methoxy groups -OCH3 is 1. The largest absolute Gasteiger partial charge is 0.478 e. The van der Waals surface area contributed by atoms with Crippen LogP contribution in [-0.2, 0) is 4.74 Å². The van der Waals surface area contributed by atoms with Crippen LogP contribution in [0.2, 0.25) is 0 Å². The lowest BCUT2D eigenvalue weighted by Crippen LogP contribution is -2.00. The van der Waals surface area contributed by atoms with Gasteiger partial charge in [0.25, 0.3) is 0 Å². The minimum absolute atomic E-state index is 0.331. The van der Waals surface area contributed by atoms with Crippen LogP contribution in [0.15, 0.2) is 54.6 Å². The molecule has 5 heteroatoms. The zero-order valence-corrected chi connectivity index (χ0v) is 11.4. The van der Waals surface area contributed by atoms with Crippen molar-refractivity contribution in [3.63, 3.8) is 0 Å². The van der Waals surface area contributed by atoms with Gasteiger partial charge in [0.05, 0.1) is 18.2 Å². The van der Waals surface area contributed by atoms with E-state index >= 15 is 0 Å². The Bertz CT molecular complexity index is 602. The van der Waals surface area contributed by atoms with Crippen molar-refractivity contribution in [2.24, 2.45) is 0 Å². The molecular weight excluding hydrogens is 272 g/mol. The molecule has 2 aromatic rings. The summed E-state index contributed by atoms with van der Waals surface area (Å²) in [6.45, 7) is 0. The Balaban J connectivity index is 0.000000219. The molecule has 0 aromatic heterocycles. The second-order valence-corrected chi connectivity index (χ2v) is 3.90. The maximum atomic E-state index is 10.9. The summed E-state index contributed by atoms with van der Waals surface area (Å²) >= 11 is 0. The Morgan fingerprint density at radius 2 is 1.52 bits per heavy atom. The lowest BCUT2D eigenvalue weighted by molar-refractivity contribution is 0.0599. The molecule has 2 rings (SSSR count). The van der Waals surface area contributed by atoms with E-state index in [4.69, 9.17) is 5.11 Å². The molecule has 0 aliphatic rings. The molecule has 0 atom stereocenters. The molecule has 0 heterocycles. The number of aldehydes is 1. The minimum atomic E-state index is -0.879. The van der Waals surface area contributed by atoms with Crippen molar-refractivity contribution in [3.8, 4) is 0 Å². The van der Waals surface area contributed by atoms with E-state index in [1.807, 2.05) is 0 Å². The zero-order chi connectivity index (χ0) is 15.7. The number of hydrogen-bond donors (Lipinski definition) is 1. The molecule has 2 aromatic carbocycles. The van der Waals surface area contributed by atoms with Crippen LogP contribution in [-0.4, -0.2) is 30.4 Å². The van der Waals surface area contributed by atoms with E-state index in [1.165, 1.54) is 7.11 Å². The van der Waals surface area contributed by atoms with Gasteiger partial charge >= 0.3 is 11.9 Å². The van der Waals surface area contributed by atoms with Gasteiger partial charge in [-0.25, -0.2) is 9.59 Å². The van der Waals surface area contributed by atoms with E-state index in [0.29, 0.717) is 16.7 Å². The van der Waals surface area contributed by atoms with Gasteiger partial charge in [-0.3, -0.25) is 4.79 Å². The van der Waals surface area contributed by atoms with Gasteiger partial charge in [-0.1, -0.05) is 30.3 Å². The van der Waals surface area contributed by atoms with Gasteiger partial charge in [0.2, 0.25) is 0 Å². The number of hydrogen-bond acceptors (Lipinski definition) is 4. The smallest absolute Gasteiger partial charge is 0.337 e. The highest BCUT2D eigenvalue weighted by Crippen LogP contribution is 2.03. The lowest BCUT2D eigenvalue weighted by Gasteiger charge is -1.97. The fraction of sp³-hybridized carbons (Fsp3) is 0.0625. The number of rotatable bonds is 3. The first-order valence-electron chi connectivity index (χ1n) is 6.00. The summed E-state index contributed by atoms with van der Waals surface area (Å²) in [6, 6.07) is 14.5. The molecule has 108 valence electrons. The first-order chi connectivity index (χ1) is 10.1. The van der Waals surface area contributed by atoms with E-state index in [-0.39, 0.29) is 0 Å². The van der Waals surface area contributed by atoms with E-state index in [1.54, 1.807) is 54.6 Å². The van der Waals surface area contributed by atoms with Crippen molar-refractivity contribution in [1.82, 2.24) is 0 Å². The lowest BCUT2D eigenvalue weighted by atomic mass is 10.1. The molecule has 5 nitrogen and oxygen atoms in total. The number of carbonyl (C=O) groups is 3. The summed E-state index contributed by atoms with van der Waals surface area (Å²) in [5.74, 6) is -1.27. The first kappa shape index (κ1) is 16.1. The number of ether oxygens (including phenoxy) is 1. The normalized spacial score (nSPS) is 9.00. The van der Waals surface area contributed by atoms with Crippen molar-refractivity contribution in [2.75, 3.05) is 7.11 Å². The van der Waals surface area contributed by atoms with Gasteiger partial charge in [0, 0.05) is 5.56 Å². The van der Waals surface area contributed by atoms with E-state index in [2.05, 4.69) is 4.74 Å². The fourth-order valence-electron chi connectivity index (χ4n) is 1.40. The monoisotopic (exact) mass is 286 g/mol. The summed E-state index contributed by atoms with van der Waals surface area (Å²) < 4.78 is 4.48. The third-order valence-corrected chi connectivity index (χ3v) is 2.49. The Labute approximate surface area is 121 Å². The van der Waals surface area contributed by atoms with Crippen molar-refractivity contribution in [1.29, 1.82) is 0 Å². The average molecular weight is 286 g/mol. The van der Waals surface area contributed by atoms with Gasteiger partial charge in [0.15, 0.2) is 0 Å². The van der Waals surface area contributed by atoms with Gasteiger partial charge in [-0.2, -0.15) is 0 Å². The minimum Gasteiger partial charge on any atom is -0.478 e. The molecule has 1 N–H and O–H groups in total. The number of benzene rings is 2. The zero-order valence-electron chi connectivity index (χ0n) is 11.4. The average Bonchev–Trinajstić information content (AvgIpc) is 2.55. The second kappa shape index (κ2) is 8.27. The number of esters is 1. The van der Waals surface area contributed by atoms with Crippen LogP contribution in [0, 0.1) is 0 Å². The molecule has 0 fully saturated rings. The molecule has 0 unspecified atom stereocenters. The Kier molecular flexibility index (Phi) is 6.34. The summed E-state index contributed by atoms with van der Waals surface area (Å²) in [5.41, 5.74) is 1.32. The summed E-state index contributed by atoms with van der Waals surface area (Å²) in [5, 5.41) is 8.38. The molecule has 0 aliphatic carbocycles. The molecular formula is C16H14O5. The van der Waals surface area contributed by atoms with Crippen LogP contribution < -0.4 is 0 Å². The van der Waals surface area contributed by atoms with Crippen LogP contribution in [0.25, 0.3) is 0 Å². The van der Waals surface area contributed by atoms with E-state index in [9.17, 15) is 14.4 Å². The van der Waals surface area contributed by atoms with Crippen molar-refractivity contribution in [2.45, 2.75) is 0 Å². The van der Waals surface area contributed by atoms with Gasteiger partial charge in [-0.15, -0.1) is 0 Å². The standard InChI is InChI=1S/C9H8O3.C7H6O2/c1-12-9(11)8-4-2-7(6-10)3-5-8;8-7(9)6-4-2-1-3-5-6/h2-6H,1H3;1-5H,(H,8,9). The van der Waals surface area contributed by atoms with Crippen LogP contribution in [0.4, 0.5) is 0 Å². The van der Waals surface area contributed by atoms with Gasteiger partial charge < -0.3 is 9.84 Å². The fourth-order valence-corrected chi connectivity index (χ4v) is 1.40. The summed E-state index contributed by atoms with van der Waals surface area (Å²) in [7, 11) is 1.32. The van der Waals surface area contributed by atoms with Crippen molar-refractivity contribution < 1.29 is 24.2 Å². The van der Waals surface area contributed by atoms with Gasteiger partial charge in [0.1, 0.15) is 6.29 Å². The highest BCUT2D eigenvalue weighted by Gasteiger charge is 2.03. The molecule has 0 saturated heterocycles. The SMILES string of the molecule is COC(=O)c1ccc(C=O)cc1.O=C(O)c1ccccc1. The van der Waals surface area contributed by atoms with Crippen molar-refractivity contribution >= 4 is 18.2 Å².